The summed E-state index contributed by atoms with van der Waals surface area (Å²) < 4.78 is 6.01. The van der Waals surface area contributed by atoms with Crippen molar-refractivity contribution in [2.75, 3.05) is 23.3 Å². The highest BCUT2D eigenvalue weighted by molar-refractivity contribution is 6.30. The Morgan fingerprint density at radius 1 is 1.03 bits per heavy atom. The lowest BCUT2D eigenvalue weighted by Gasteiger charge is -2.34. The van der Waals surface area contributed by atoms with Crippen molar-refractivity contribution in [3.63, 3.8) is 0 Å². The van der Waals surface area contributed by atoms with E-state index >= 15 is 0 Å². The highest BCUT2D eigenvalue weighted by Gasteiger charge is 2.23. The Balaban J connectivity index is 1.32. The van der Waals surface area contributed by atoms with Crippen molar-refractivity contribution in [2.24, 2.45) is 0 Å². The number of ether oxygens (including phenoxy) is 1. The zero-order chi connectivity index (χ0) is 21.8. The molecule has 5 rings (SSSR count). The Morgan fingerprint density at radius 2 is 1.84 bits per heavy atom. The van der Waals surface area contributed by atoms with Crippen molar-refractivity contribution in [2.45, 2.75) is 25.5 Å². The van der Waals surface area contributed by atoms with Gasteiger partial charge in [-0.25, -0.2) is 9.97 Å². The minimum absolute atomic E-state index is 0.151. The first-order chi connectivity index (χ1) is 15.7. The maximum atomic E-state index is 6.01. The summed E-state index contributed by atoms with van der Waals surface area (Å²) in [7, 11) is 0. The molecule has 0 atom stereocenters. The number of benzene rings is 2. The molecule has 0 spiro atoms. The lowest BCUT2D eigenvalue weighted by atomic mass is 10.1. The van der Waals surface area contributed by atoms with Crippen LogP contribution in [0.25, 0.3) is 10.9 Å². The third-order valence-electron chi connectivity index (χ3n) is 5.69. The summed E-state index contributed by atoms with van der Waals surface area (Å²) in [5.74, 6) is 1.46. The molecule has 2 aromatic carbocycles. The van der Waals surface area contributed by atoms with Gasteiger partial charge in [0.05, 0.1) is 11.7 Å². The predicted octanol–water partition coefficient (Wildman–Crippen LogP) is 5.34. The summed E-state index contributed by atoms with van der Waals surface area (Å²) in [6.07, 6.45) is 7.00. The predicted molar refractivity (Wildman–Crippen MR) is 128 cm³/mol. The van der Waals surface area contributed by atoms with Gasteiger partial charge in [-0.1, -0.05) is 41.9 Å². The summed E-state index contributed by atoms with van der Waals surface area (Å²) in [5.41, 5.74) is 3.35. The van der Waals surface area contributed by atoms with E-state index in [2.05, 4.69) is 44.5 Å². The summed E-state index contributed by atoms with van der Waals surface area (Å²) in [5, 5.41) is 5.38. The van der Waals surface area contributed by atoms with Crippen molar-refractivity contribution < 1.29 is 4.74 Å². The number of halogens is 1. The number of hydrogen-bond donors (Lipinski definition) is 1. The first-order valence-electron chi connectivity index (χ1n) is 10.8. The van der Waals surface area contributed by atoms with Crippen LogP contribution in [0.15, 0.2) is 73.2 Å². The third-order valence-corrected chi connectivity index (χ3v) is 5.94. The van der Waals surface area contributed by atoms with Crippen LogP contribution >= 0.6 is 11.6 Å². The lowest BCUT2D eigenvalue weighted by molar-refractivity contribution is 0.163. The zero-order valence-corrected chi connectivity index (χ0v) is 18.4. The van der Waals surface area contributed by atoms with Crippen molar-refractivity contribution >= 4 is 34.0 Å². The number of anilines is 2. The lowest BCUT2D eigenvalue weighted by Crippen LogP contribution is -2.38. The van der Waals surface area contributed by atoms with E-state index in [1.807, 2.05) is 30.3 Å². The second kappa shape index (κ2) is 9.40. The van der Waals surface area contributed by atoms with Gasteiger partial charge in [0.2, 0.25) is 5.88 Å². The molecule has 3 heterocycles. The minimum atomic E-state index is 0.151. The Kier molecular flexibility index (Phi) is 6.03. The molecule has 0 amide bonds. The molecule has 2 aromatic heterocycles. The van der Waals surface area contributed by atoms with Gasteiger partial charge in [0.25, 0.3) is 0 Å². The van der Waals surface area contributed by atoms with Gasteiger partial charge in [-0.3, -0.25) is 4.98 Å². The van der Waals surface area contributed by atoms with E-state index in [1.54, 1.807) is 18.6 Å². The summed E-state index contributed by atoms with van der Waals surface area (Å²) in [6, 6.07) is 18.3. The zero-order valence-electron chi connectivity index (χ0n) is 17.6. The summed E-state index contributed by atoms with van der Waals surface area (Å²) in [4.78, 5) is 15.6. The van der Waals surface area contributed by atoms with Gasteiger partial charge in [-0.15, -0.1) is 0 Å². The monoisotopic (exact) mass is 445 g/mol. The van der Waals surface area contributed by atoms with E-state index in [1.165, 1.54) is 5.69 Å². The van der Waals surface area contributed by atoms with E-state index in [4.69, 9.17) is 21.3 Å². The minimum Gasteiger partial charge on any atom is -0.473 e. The van der Waals surface area contributed by atoms with Crippen LogP contribution in [0, 0.1) is 0 Å². The molecule has 0 aliphatic carbocycles. The molecule has 1 N–H and O–H groups in total. The Morgan fingerprint density at radius 3 is 2.62 bits per heavy atom. The number of nitrogens with zero attached hydrogens (tertiary/aromatic N) is 4. The molecule has 7 heteroatoms. The molecule has 0 radical (unpaired) electrons. The van der Waals surface area contributed by atoms with Crippen LogP contribution in [0.2, 0.25) is 5.02 Å². The Bertz CT molecular complexity index is 1180. The van der Waals surface area contributed by atoms with Crippen LogP contribution in [0.5, 0.6) is 5.88 Å². The van der Waals surface area contributed by atoms with E-state index in [-0.39, 0.29) is 6.10 Å². The molecule has 1 saturated heterocycles. The van der Waals surface area contributed by atoms with Gasteiger partial charge in [-0.2, -0.15) is 0 Å². The fourth-order valence-electron chi connectivity index (χ4n) is 4.04. The third kappa shape index (κ3) is 4.75. The maximum absolute atomic E-state index is 6.01. The van der Waals surface area contributed by atoms with Crippen molar-refractivity contribution in [3.8, 4) is 5.88 Å². The fourth-order valence-corrected chi connectivity index (χ4v) is 4.16. The van der Waals surface area contributed by atoms with Crippen molar-refractivity contribution in [1.82, 2.24) is 15.0 Å². The fraction of sp³-hybridized carbons (Fsp3) is 0.240. The molecular formula is C25H24ClN5O. The molecule has 32 heavy (non-hydrogen) atoms. The van der Waals surface area contributed by atoms with Crippen LogP contribution in [0.4, 0.5) is 11.5 Å². The number of para-hydroxylation sites is 1. The Labute approximate surface area is 192 Å². The molecular weight excluding hydrogens is 422 g/mol. The topological polar surface area (TPSA) is 63.2 Å². The first-order valence-corrected chi connectivity index (χ1v) is 11.2. The Hall–Kier alpha value is -3.38. The van der Waals surface area contributed by atoms with Gasteiger partial charge in [-0.05, 0) is 23.8 Å². The quantitative estimate of drug-likeness (QED) is 0.432. The summed E-state index contributed by atoms with van der Waals surface area (Å²) >= 11 is 6.00. The molecule has 0 bridgehead atoms. The van der Waals surface area contributed by atoms with Gasteiger partial charge >= 0.3 is 0 Å². The van der Waals surface area contributed by atoms with Crippen molar-refractivity contribution in [3.05, 3.63) is 83.8 Å². The first kappa shape index (κ1) is 20.5. The molecule has 0 saturated carbocycles. The second-order valence-corrected chi connectivity index (χ2v) is 8.31. The summed E-state index contributed by atoms with van der Waals surface area (Å²) in [6.45, 7) is 2.51. The number of nitrogens with one attached hydrogen (secondary N) is 1. The van der Waals surface area contributed by atoms with E-state index in [9.17, 15) is 0 Å². The van der Waals surface area contributed by atoms with Gasteiger partial charge in [0.1, 0.15) is 11.9 Å². The largest absolute Gasteiger partial charge is 0.473 e. The molecule has 1 aliphatic heterocycles. The van der Waals surface area contributed by atoms with E-state index < -0.39 is 0 Å². The van der Waals surface area contributed by atoms with Crippen LogP contribution in [0.1, 0.15) is 18.4 Å². The second-order valence-electron chi connectivity index (χ2n) is 7.87. The highest BCUT2D eigenvalue weighted by Crippen LogP contribution is 2.31. The number of aromatic nitrogens is 3. The van der Waals surface area contributed by atoms with Crippen LogP contribution in [0.3, 0.4) is 0 Å². The standard InChI is InChI=1S/C25H24ClN5O/c26-19-7-5-18(6-8-19)16-29-24-15-23(21-3-1-2-4-22(21)30-24)31-13-9-20(10-14-31)32-25-17-27-11-12-28-25/h1-8,11-12,15,17,20H,9-10,13-14,16H2,(H,29,30). The SMILES string of the molecule is Clc1ccc(CNc2cc(N3CCC(Oc4cnccn4)CC3)c3ccccc3n2)cc1. The van der Waals surface area contributed by atoms with Crippen molar-refractivity contribution in [1.29, 1.82) is 0 Å². The van der Waals surface area contributed by atoms with Crippen LogP contribution in [-0.4, -0.2) is 34.1 Å². The number of piperidine rings is 1. The average Bonchev–Trinajstić information content (AvgIpc) is 2.84. The van der Waals surface area contributed by atoms with Crippen LogP contribution < -0.4 is 15.0 Å². The van der Waals surface area contributed by atoms with E-state index in [0.717, 1.165) is 53.2 Å². The number of pyridine rings is 1. The maximum Gasteiger partial charge on any atom is 0.232 e. The molecule has 1 aliphatic rings. The van der Waals surface area contributed by atoms with Gasteiger partial charge in [0.15, 0.2) is 0 Å². The number of fused-ring (bicyclic) bond motifs is 1. The van der Waals surface area contributed by atoms with Gasteiger partial charge in [0, 0.05) is 67.0 Å². The molecule has 4 aromatic rings. The highest BCUT2D eigenvalue weighted by atomic mass is 35.5. The molecule has 6 nitrogen and oxygen atoms in total. The number of rotatable bonds is 6. The van der Waals surface area contributed by atoms with Crippen LogP contribution in [-0.2, 0) is 6.54 Å². The average molecular weight is 446 g/mol. The van der Waals surface area contributed by atoms with Gasteiger partial charge < -0.3 is 15.0 Å². The smallest absolute Gasteiger partial charge is 0.232 e. The molecule has 1 fully saturated rings. The van der Waals surface area contributed by atoms with E-state index in [0.29, 0.717) is 12.4 Å². The normalized spacial score (nSPS) is 14.5. The molecule has 0 unspecified atom stereocenters. The number of hydrogen-bond acceptors (Lipinski definition) is 6. The molecule has 162 valence electrons.